The number of carbonyl (C=O) groups is 2. The molecule has 1 rings (SSSR count). The molecule has 0 bridgehead atoms. The van der Waals surface area contributed by atoms with E-state index in [-0.39, 0.29) is 16.8 Å². The number of hydrazone groups is 1. The number of carbonyl (C=O) groups excluding carboxylic acids is 2. The Morgan fingerprint density at radius 3 is 2.44 bits per heavy atom. The highest BCUT2D eigenvalue weighted by Gasteiger charge is 2.03. The fourth-order valence-corrected chi connectivity index (χ4v) is 1.20. The molecule has 0 fully saturated rings. The number of hydrogen-bond donors (Lipinski definition) is 3. The van der Waals surface area contributed by atoms with Crippen molar-refractivity contribution in [3.8, 4) is 0 Å². The SMILES string of the molecule is CC(=O)Nc1ccc(C(=O)C=NNC(N)=S)cc1. The molecule has 1 aromatic carbocycles. The zero-order valence-electron chi connectivity index (χ0n) is 9.64. The zero-order valence-corrected chi connectivity index (χ0v) is 10.5. The quantitative estimate of drug-likeness (QED) is 0.321. The first kappa shape index (κ1) is 13.8. The second-order valence-corrected chi connectivity index (χ2v) is 3.80. The lowest BCUT2D eigenvalue weighted by molar-refractivity contribution is -0.114. The highest BCUT2D eigenvalue weighted by molar-refractivity contribution is 7.80. The Morgan fingerprint density at radius 1 is 1.33 bits per heavy atom. The maximum Gasteiger partial charge on any atom is 0.221 e. The minimum atomic E-state index is -0.298. The summed E-state index contributed by atoms with van der Waals surface area (Å²) in [7, 11) is 0. The van der Waals surface area contributed by atoms with Gasteiger partial charge in [0.15, 0.2) is 5.11 Å². The van der Waals surface area contributed by atoms with Crippen LogP contribution in [0.25, 0.3) is 0 Å². The van der Waals surface area contributed by atoms with Crippen molar-refractivity contribution in [3.05, 3.63) is 29.8 Å². The second-order valence-electron chi connectivity index (χ2n) is 3.36. The lowest BCUT2D eigenvalue weighted by Gasteiger charge is -2.02. The number of benzene rings is 1. The lowest BCUT2D eigenvalue weighted by atomic mass is 10.1. The molecule has 1 aromatic rings. The second kappa shape index (κ2) is 6.45. The third-order valence-electron chi connectivity index (χ3n) is 1.85. The standard InChI is InChI=1S/C11H12N4O2S/c1-7(16)14-9-4-2-8(3-5-9)10(17)6-13-15-11(12)18/h2-6H,1H3,(H,14,16)(H3,12,15,18). The monoisotopic (exact) mass is 264 g/mol. The lowest BCUT2D eigenvalue weighted by Crippen LogP contribution is -2.24. The van der Waals surface area contributed by atoms with Crippen LogP contribution in [0.5, 0.6) is 0 Å². The fourth-order valence-electron chi connectivity index (χ4n) is 1.15. The number of anilines is 1. The highest BCUT2D eigenvalue weighted by atomic mass is 32.1. The van der Waals surface area contributed by atoms with Crippen molar-refractivity contribution >= 4 is 40.9 Å². The Hall–Kier alpha value is -2.28. The molecule has 94 valence electrons. The first-order valence-corrected chi connectivity index (χ1v) is 5.40. The molecule has 0 aromatic heterocycles. The normalized spacial score (nSPS) is 10.1. The molecule has 0 saturated heterocycles. The Bertz CT molecular complexity index is 496. The molecule has 4 N–H and O–H groups in total. The number of nitrogens with two attached hydrogens (primary N) is 1. The molecule has 0 unspecified atom stereocenters. The molecule has 7 heteroatoms. The maximum atomic E-state index is 11.6. The summed E-state index contributed by atoms with van der Waals surface area (Å²) < 4.78 is 0. The summed E-state index contributed by atoms with van der Waals surface area (Å²) in [6.45, 7) is 1.41. The topological polar surface area (TPSA) is 96.6 Å². The Kier molecular flexibility index (Phi) is 4.94. The van der Waals surface area contributed by atoms with E-state index < -0.39 is 0 Å². The molecule has 0 atom stereocenters. The van der Waals surface area contributed by atoms with E-state index in [4.69, 9.17) is 5.73 Å². The van der Waals surface area contributed by atoms with Crippen molar-refractivity contribution in [2.45, 2.75) is 6.92 Å². The third kappa shape index (κ3) is 4.71. The van der Waals surface area contributed by atoms with Crippen molar-refractivity contribution in [1.82, 2.24) is 5.43 Å². The minimum absolute atomic E-state index is 0.0138. The van der Waals surface area contributed by atoms with Crippen LogP contribution in [-0.2, 0) is 4.79 Å². The van der Waals surface area contributed by atoms with E-state index in [0.717, 1.165) is 6.21 Å². The molecule has 18 heavy (non-hydrogen) atoms. The molecule has 1 amide bonds. The van der Waals surface area contributed by atoms with Gasteiger partial charge in [-0.1, -0.05) is 0 Å². The van der Waals surface area contributed by atoms with Crippen LogP contribution in [-0.4, -0.2) is 23.0 Å². The van der Waals surface area contributed by atoms with E-state index in [1.54, 1.807) is 24.3 Å². The van der Waals surface area contributed by atoms with Gasteiger partial charge in [-0.25, -0.2) is 0 Å². The van der Waals surface area contributed by atoms with Crippen molar-refractivity contribution in [2.24, 2.45) is 10.8 Å². The smallest absolute Gasteiger partial charge is 0.221 e. The van der Waals surface area contributed by atoms with Gasteiger partial charge in [0.2, 0.25) is 11.7 Å². The van der Waals surface area contributed by atoms with E-state index in [1.807, 2.05) is 0 Å². The number of thiocarbonyl (C=S) groups is 1. The van der Waals surface area contributed by atoms with Crippen LogP contribution in [0.2, 0.25) is 0 Å². The minimum Gasteiger partial charge on any atom is -0.375 e. The molecule has 0 aliphatic heterocycles. The Balaban J connectivity index is 2.67. The van der Waals surface area contributed by atoms with Gasteiger partial charge in [0.1, 0.15) is 0 Å². The van der Waals surface area contributed by atoms with E-state index in [0.29, 0.717) is 11.3 Å². The molecular weight excluding hydrogens is 252 g/mol. The number of amides is 1. The van der Waals surface area contributed by atoms with Gasteiger partial charge in [0.25, 0.3) is 0 Å². The van der Waals surface area contributed by atoms with Gasteiger partial charge in [-0.05, 0) is 36.5 Å². The van der Waals surface area contributed by atoms with Crippen LogP contribution >= 0.6 is 12.2 Å². The van der Waals surface area contributed by atoms with Crippen molar-refractivity contribution < 1.29 is 9.59 Å². The van der Waals surface area contributed by atoms with Gasteiger partial charge >= 0.3 is 0 Å². The van der Waals surface area contributed by atoms with Gasteiger partial charge in [0, 0.05) is 18.2 Å². The van der Waals surface area contributed by atoms with Crippen molar-refractivity contribution in [1.29, 1.82) is 0 Å². The van der Waals surface area contributed by atoms with Crippen LogP contribution in [0.1, 0.15) is 17.3 Å². The summed E-state index contributed by atoms with van der Waals surface area (Å²) in [6.07, 6.45) is 1.08. The first-order chi connectivity index (χ1) is 8.49. The number of Topliss-reactive ketones (excluding diaryl/α,β-unsaturated/α-hetero) is 1. The average molecular weight is 264 g/mol. The number of nitrogens with zero attached hydrogens (tertiary/aromatic N) is 1. The van der Waals surface area contributed by atoms with Crippen LogP contribution in [0.4, 0.5) is 5.69 Å². The number of hydrogen-bond acceptors (Lipinski definition) is 4. The summed E-state index contributed by atoms with van der Waals surface area (Å²) in [5.41, 5.74) is 8.49. The van der Waals surface area contributed by atoms with Gasteiger partial charge in [-0.2, -0.15) is 5.10 Å². The largest absolute Gasteiger partial charge is 0.375 e. The third-order valence-corrected chi connectivity index (χ3v) is 1.94. The molecule has 0 heterocycles. The van der Waals surface area contributed by atoms with Crippen molar-refractivity contribution in [3.63, 3.8) is 0 Å². The van der Waals surface area contributed by atoms with Gasteiger partial charge in [-0.15, -0.1) is 0 Å². The van der Waals surface area contributed by atoms with Crippen LogP contribution < -0.4 is 16.5 Å². The molecule has 6 nitrogen and oxygen atoms in total. The maximum absolute atomic E-state index is 11.6. The van der Waals surface area contributed by atoms with E-state index in [9.17, 15) is 9.59 Å². The van der Waals surface area contributed by atoms with Gasteiger partial charge in [0.05, 0.1) is 6.21 Å². The predicted molar refractivity (Wildman–Crippen MR) is 73.5 cm³/mol. The van der Waals surface area contributed by atoms with Crippen LogP contribution in [0.15, 0.2) is 29.4 Å². The molecule has 0 spiro atoms. The highest BCUT2D eigenvalue weighted by Crippen LogP contribution is 2.09. The number of ketones is 1. The zero-order chi connectivity index (χ0) is 13.5. The first-order valence-electron chi connectivity index (χ1n) is 4.99. The van der Waals surface area contributed by atoms with Gasteiger partial charge < -0.3 is 11.1 Å². The van der Waals surface area contributed by atoms with Gasteiger partial charge in [-0.3, -0.25) is 15.0 Å². The van der Waals surface area contributed by atoms with Crippen LogP contribution in [0, 0.1) is 0 Å². The number of rotatable bonds is 4. The molecule has 0 aliphatic carbocycles. The fraction of sp³-hybridized carbons (Fsp3) is 0.0909. The summed E-state index contributed by atoms with van der Waals surface area (Å²) >= 11 is 4.52. The molecule has 0 aliphatic rings. The summed E-state index contributed by atoms with van der Waals surface area (Å²) in [5, 5.41) is 6.14. The summed E-state index contributed by atoms with van der Waals surface area (Å²) in [6, 6.07) is 6.42. The average Bonchev–Trinajstić information content (AvgIpc) is 2.28. The summed E-state index contributed by atoms with van der Waals surface area (Å²) in [5.74, 6) is -0.468. The Morgan fingerprint density at radius 2 is 1.94 bits per heavy atom. The van der Waals surface area contributed by atoms with E-state index >= 15 is 0 Å². The number of nitrogens with one attached hydrogen (secondary N) is 2. The Labute approximate surface area is 109 Å². The predicted octanol–water partition coefficient (Wildman–Crippen LogP) is 0.647. The van der Waals surface area contributed by atoms with Crippen molar-refractivity contribution in [2.75, 3.05) is 5.32 Å². The van der Waals surface area contributed by atoms with Crippen LogP contribution in [0.3, 0.4) is 0 Å². The molecule has 0 saturated carbocycles. The molecular formula is C11H12N4O2S. The van der Waals surface area contributed by atoms with E-state index in [2.05, 4.69) is 28.1 Å². The summed E-state index contributed by atoms with van der Waals surface area (Å²) in [4.78, 5) is 22.4. The van der Waals surface area contributed by atoms with E-state index in [1.165, 1.54) is 6.92 Å². The molecule has 0 radical (unpaired) electrons.